The molecule has 5 heteroatoms. The Balaban J connectivity index is 2.83. The summed E-state index contributed by atoms with van der Waals surface area (Å²) in [6.45, 7) is 0. The first kappa shape index (κ1) is 10.3. The normalized spacial score (nSPS) is 9.46. The maximum atomic E-state index is 10.8. The molecular weight excluding hydrogens is 257 g/mol. The molecule has 1 aromatic rings. The molecule has 3 nitrogen and oxygen atoms in total. The fourth-order valence-corrected chi connectivity index (χ4v) is 1.53. The van der Waals surface area contributed by atoms with Crippen molar-refractivity contribution in [1.82, 2.24) is 0 Å². The molecule has 1 aromatic carbocycles. The zero-order chi connectivity index (χ0) is 9.84. The van der Waals surface area contributed by atoms with Crippen LogP contribution in [0, 0.1) is 0 Å². The molecule has 0 saturated carbocycles. The minimum absolute atomic E-state index is 0.511. The summed E-state index contributed by atoms with van der Waals surface area (Å²) in [6.07, 6.45) is -0.511. The summed E-state index contributed by atoms with van der Waals surface area (Å²) in [5.74, 6) is 0. The van der Waals surface area contributed by atoms with Crippen molar-refractivity contribution in [2.45, 2.75) is 0 Å². The van der Waals surface area contributed by atoms with Crippen molar-refractivity contribution in [3.8, 4) is 0 Å². The van der Waals surface area contributed by atoms with Gasteiger partial charge in [-0.3, -0.25) is 5.32 Å². The van der Waals surface area contributed by atoms with Crippen LogP contribution in [-0.4, -0.2) is 13.2 Å². The Kier molecular flexibility index (Phi) is 3.57. The van der Waals surface area contributed by atoms with Gasteiger partial charge in [-0.05, 0) is 34.1 Å². The molecule has 0 spiro atoms. The zero-order valence-corrected chi connectivity index (χ0v) is 9.15. The molecule has 1 N–H and O–H groups in total. The van der Waals surface area contributed by atoms with Crippen molar-refractivity contribution in [3.63, 3.8) is 0 Å². The quantitative estimate of drug-likeness (QED) is 0.845. The molecule has 0 atom stereocenters. The lowest BCUT2D eigenvalue weighted by atomic mass is 10.3. The van der Waals surface area contributed by atoms with E-state index in [-0.39, 0.29) is 0 Å². The van der Waals surface area contributed by atoms with E-state index in [1.54, 1.807) is 18.2 Å². The number of anilines is 1. The standard InChI is InChI=1S/C8H7BrClNO2/c1-13-8(12)11-7-3-2-5(10)4-6(7)9/h2-4H,1H3,(H,11,12). The molecule has 0 aliphatic carbocycles. The van der Waals surface area contributed by atoms with Crippen molar-refractivity contribution in [2.24, 2.45) is 0 Å². The van der Waals surface area contributed by atoms with Crippen LogP contribution in [0.4, 0.5) is 10.5 Å². The number of carbonyl (C=O) groups is 1. The van der Waals surface area contributed by atoms with Gasteiger partial charge in [0.2, 0.25) is 0 Å². The van der Waals surface area contributed by atoms with Gasteiger partial charge in [0, 0.05) is 9.50 Å². The van der Waals surface area contributed by atoms with Crippen molar-refractivity contribution in [2.75, 3.05) is 12.4 Å². The average molecular weight is 265 g/mol. The number of hydrogen-bond acceptors (Lipinski definition) is 2. The molecule has 0 radical (unpaired) electrons. The molecule has 13 heavy (non-hydrogen) atoms. The van der Waals surface area contributed by atoms with Gasteiger partial charge in [-0.15, -0.1) is 0 Å². The molecule has 0 aliphatic rings. The van der Waals surface area contributed by atoms with Crippen LogP contribution in [0.25, 0.3) is 0 Å². The predicted molar refractivity (Wildman–Crippen MR) is 55.2 cm³/mol. The Hall–Kier alpha value is -0.740. The number of nitrogens with one attached hydrogen (secondary N) is 1. The predicted octanol–water partition coefficient (Wildman–Crippen LogP) is 3.28. The molecule has 70 valence electrons. The maximum absolute atomic E-state index is 10.8. The Labute approximate surface area is 89.2 Å². The van der Waals surface area contributed by atoms with E-state index in [0.29, 0.717) is 15.2 Å². The Bertz CT molecular complexity index is 330. The van der Waals surface area contributed by atoms with Crippen molar-refractivity contribution >= 4 is 39.3 Å². The van der Waals surface area contributed by atoms with E-state index in [4.69, 9.17) is 11.6 Å². The summed E-state index contributed by atoms with van der Waals surface area (Å²) in [4.78, 5) is 10.8. The van der Waals surface area contributed by atoms with E-state index in [1.165, 1.54) is 7.11 Å². The van der Waals surface area contributed by atoms with Crippen LogP contribution in [-0.2, 0) is 4.74 Å². The van der Waals surface area contributed by atoms with Gasteiger partial charge in [-0.25, -0.2) is 4.79 Å². The number of ether oxygens (including phenoxy) is 1. The second-order valence-electron chi connectivity index (χ2n) is 2.24. The van der Waals surface area contributed by atoms with Crippen LogP contribution in [0.15, 0.2) is 22.7 Å². The van der Waals surface area contributed by atoms with Gasteiger partial charge in [-0.1, -0.05) is 11.6 Å². The largest absolute Gasteiger partial charge is 0.453 e. The van der Waals surface area contributed by atoms with Crippen LogP contribution >= 0.6 is 27.5 Å². The summed E-state index contributed by atoms with van der Waals surface area (Å²) in [5, 5.41) is 3.12. The minimum atomic E-state index is -0.511. The SMILES string of the molecule is COC(=O)Nc1ccc(Cl)cc1Br. The highest BCUT2D eigenvalue weighted by molar-refractivity contribution is 9.10. The van der Waals surface area contributed by atoms with E-state index >= 15 is 0 Å². The third-order valence-corrected chi connectivity index (χ3v) is 2.24. The average Bonchev–Trinajstić information content (AvgIpc) is 2.09. The Morgan fingerprint density at radius 3 is 2.85 bits per heavy atom. The molecule has 0 heterocycles. The molecule has 0 aliphatic heterocycles. The summed E-state index contributed by atoms with van der Waals surface area (Å²) >= 11 is 8.96. The topological polar surface area (TPSA) is 38.3 Å². The van der Waals surface area contributed by atoms with Gasteiger partial charge in [0.15, 0.2) is 0 Å². The van der Waals surface area contributed by atoms with E-state index in [0.717, 1.165) is 0 Å². The number of amides is 1. The van der Waals surface area contributed by atoms with Crippen molar-refractivity contribution in [1.29, 1.82) is 0 Å². The van der Waals surface area contributed by atoms with Crippen molar-refractivity contribution in [3.05, 3.63) is 27.7 Å². The number of hydrogen-bond donors (Lipinski definition) is 1. The monoisotopic (exact) mass is 263 g/mol. The molecule has 1 rings (SSSR count). The third-order valence-electron chi connectivity index (χ3n) is 1.35. The first-order chi connectivity index (χ1) is 6.13. The first-order valence-electron chi connectivity index (χ1n) is 3.43. The molecular formula is C8H7BrClNO2. The Morgan fingerprint density at radius 1 is 1.62 bits per heavy atom. The van der Waals surface area contributed by atoms with Crippen LogP contribution in [0.3, 0.4) is 0 Å². The maximum Gasteiger partial charge on any atom is 0.411 e. The van der Waals surface area contributed by atoms with E-state index in [1.807, 2.05) is 0 Å². The fraction of sp³-hybridized carbons (Fsp3) is 0.125. The van der Waals surface area contributed by atoms with Gasteiger partial charge < -0.3 is 4.74 Å². The lowest BCUT2D eigenvalue weighted by molar-refractivity contribution is 0.187. The highest BCUT2D eigenvalue weighted by Gasteiger charge is 2.04. The summed E-state index contributed by atoms with van der Waals surface area (Å²) in [5.41, 5.74) is 0.622. The van der Waals surface area contributed by atoms with Crippen LogP contribution in [0.5, 0.6) is 0 Å². The van der Waals surface area contributed by atoms with Crippen LogP contribution < -0.4 is 5.32 Å². The number of benzene rings is 1. The summed E-state index contributed by atoms with van der Waals surface area (Å²) < 4.78 is 5.15. The number of rotatable bonds is 1. The highest BCUT2D eigenvalue weighted by atomic mass is 79.9. The highest BCUT2D eigenvalue weighted by Crippen LogP contribution is 2.25. The second kappa shape index (κ2) is 4.48. The molecule has 0 saturated heterocycles. The molecule has 0 unspecified atom stereocenters. The van der Waals surface area contributed by atoms with E-state index in [2.05, 4.69) is 26.0 Å². The molecule has 0 fully saturated rings. The van der Waals surface area contributed by atoms with Gasteiger partial charge in [-0.2, -0.15) is 0 Å². The van der Waals surface area contributed by atoms with E-state index in [9.17, 15) is 4.79 Å². The first-order valence-corrected chi connectivity index (χ1v) is 4.60. The molecule has 0 bridgehead atoms. The number of carbonyl (C=O) groups excluding carboxylic acids is 1. The number of halogens is 2. The van der Waals surface area contributed by atoms with Crippen LogP contribution in [0.1, 0.15) is 0 Å². The van der Waals surface area contributed by atoms with Crippen LogP contribution in [0.2, 0.25) is 5.02 Å². The Morgan fingerprint density at radius 2 is 2.31 bits per heavy atom. The van der Waals surface area contributed by atoms with Crippen molar-refractivity contribution < 1.29 is 9.53 Å². The smallest absolute Gasteiger partial charge is 0.411 e. The summed E-state index contributed by atoms with van der Waals surface area (Å²) in [6, 6.07) is 5.05. The van der Waals surface area contributed by atoms with E-state index < -0.39 is 6.09 Å². The fourth-order valence-electron chi connectivity index (χ4n) is 0.752. The zero-order valence-electron chi connectivity index (χ0n) is 6.80. The third kappa shape index (κ3) is 2.90. The van der Waals surface area contributed by atoms with Gasteiger partial charge in [0.05, 0.1) is 12.8 Å². The number of methoxy groups -OCH3 is 1. The lowest BCUT2D eigenvalue weighted by Gasteiger charge is -2.05. The lowest BCUT2D eigenvalue weighted by Crippen LogP contribution is -2.11. The second-order valence-corrected chi connectivity index (χ2v) is 3.53. The van der Waals surface area contributed by atoms with Gasteiger partial charge in [0.1, 0.15) is 0 Å². The minimum Gasteiger partial charge on any atom is -0.453 e. The van der Waals surface area contributed by atoms with Gasteiger partial charge in [0.25, 0.3) is 0 Å². The molecule has 1 amide bonds. The van der Waals surface area contributed by atoms with Gasteiger partial charge >= 0.3 is 6.09 Å². The summed E-state index contributed by atoms with van der Waals surface area (Å²) in [7, 11) is 1.30. The molecule has 0 aromatic heterocycles.